The van der Waals surface area contributed by atoms with Crippen molar-refractivity contribution in [2.75, 3.05) is 26.1 Å². The molecule has 1 aliphatic rings. The molecule has 8 heteroatoms. The molecule has 0 fully saturated rings. The number of sulfonamides is 1. The predicted molar refractivity (Wildman–Crippen MR) is 85.0 cm³/mol. The minimum atomic E-state index is -3.14. The molecule has 0 bridgehead atoms. The Kier molecular flexibility index (Phi) is 5.25. The number of aliphatic imine (C=N–C) groups is 1. The zero-order valence-corrected chi connectivity index (χ0v) is 13.6. The number of fused-ring (bicyclic) bond motifs is 1. The molecule has 0 aliphatic carbocycles. The van der Waals surface area contributed by atoms with E-state index in [9.17, 15) is 8.42 Å². The van der Waals surface area contributed by atoms with Crippen LogP contribution in [0.4, 0.5) is 0 Å². The molecule has 1 aromatic carbocycles. The van der Waals surface area contributed by atoms with Gasteiger partial charge in [-0.1, -0.05) is 0 Å². The van der Waals surface area contributed by atoms with Crippen LogP contribution in [0.15, 0.2) is 17.1 Å². The first-order valence-electron chi connectivity index (χ1n) is 6.98. The maximum absolute atomic E-state index is 10.9. The van der Waals surface area contributed by atoms with Crippen LogP contribution in [0, 0.1) is 6.92 Å². The van der Waals surface area contributed by atoms with E-state index >= 15 is 0 Å². The van der Waals surface area contributed by atoms with Crippen molar-refractivity contribution in [1.82, 2.24) is 4.72 Å². The van der Waals surface area contributed by atoms with Gasteiger partial charge < -0.3 is 15.2 Å². The van der Waals surface area contributed by atoms with Gasteiger partial charge in [0, 0.05) is 19.5 Å². The Balaban J connectivity index is 1.86. The second kappa shape index (κ2) is 6.97. The molecule has 0 aromatic heterocycles. The average molecular weight is 327 g/mol. The fourth-order valence-electron chi connectivity index (χ4n) is 2.09. The van der Waals surface area contributed by atoms with Crippen LogP contribution in [0.5, 0.6) is 11.5 Å². The number of nitrogens with zero attached hydrogens (tertiary/aromatic N) is 1. The Morgan fingerprint density at radius 3 is 2.73 bits per heavy atom. The van der Waals surface area contributed by atoms with Gasteiger partial charge in [-0.2, -0.15) is 0 Å². The highest BCUT2D eigenvalue weighted by Crippen LogP contribution is 2.34. The highest BCUT2D eigenvalue weighted by atomic mass is 32.2. The summed E-state index contributed by atoms with van der Waals surface area (Å²) in [6.45, 7) is 3.08. The van der Waals surface area contributed by atoms with Crippen LogP contribution in [-0.4, -0.2) is 40.4 Å². The third-order valence-corrected chi connectivity index (χ3v) is 3.95. The molecule has 0 unspecified atom stereocenters. The number of aryl methyl sites for hydroxylation is 1. The lowest BCUT2D eigenvalue weighted by molar-refractivity contribution is 0.174. The Morgan fingerprint density at radius 2 is 2.05 bits per heavy atom. The van der Waals surface area contributed by atoms with Gasteiger partial charge in [0.2, 0.25) is 16.8 Å². The third-order valence-electron chi connectivity index (χ3n) is 3.22. The summed E-state index contributed by atoms with van der Waals surface area (Å²) in [5.74, 6) is 2.00. The van der Waals surface area contributed by atoms with Gasteiger partial charge in [0.15, 0.2) is 11.5 Å². The maximum Gasteiger partial charge on any atom is 0.231 e. The van der Waals surface area contributed by atoms with E-state index in [-0.39, 0.29) is 6.79 Å². The fourth-order valence-corrected chi connectivity index (χ4v) is 2.60. The lowest BCUT2D eigenvalue weighted by atomic mass is 10.0. The molecule has 0 radical (unpaired) electrons. The summed E-state index contributed by atoms with van der Waals surface area (Å²) in [5, 5.41) is 0. The molecule has 122 valence electrons. The number of hydrogen-bond donors (Lipinski definition) is 2. The highest BCUT2D eigenvalue weighted by Gasteiger charge is 2.15. The number of nitrogens with one attached hydrogen (secondary N) is 1. The SMILES string of the molecule is Cc1cc2c(cc1CC(N)=NCCCNS(C)(=O)=O)OCO2. The first kappa shape index (κ1) is 16.6. The molecule has 1 aromatic rings. The normalized spacial score (nSPS) is 14.4. The van der Waals surface area contributed by atoms with Crippen molar-refractivity contribution in [3.8, 4) is 11.5 Å². The van der Waals surface area contributed by atoms with Crippen molar-refractivity contribution in [1.29, 1.82) is 0 Å². The van der Waals surface area contributed by atoms with Gasteiger partial charge in [0.25, 0.3) is 0 Å². The van der Waals surface area contributed by atoms with Gasteiger partial charge in [0.1, 0.15) is 0 Å². The second-order valence-corrected chi connectivity index (χ2v) is 7.03. The van der Waals surface area contributed by atoms with Crippen molar-refractivity contribution in [3.05, 3.63) is 23.3 Å². The maximum atomic E-state index is 10.9. The van der Waals surface area contributed by atoms with E-state index in [0.29, 0.717) is 31.8 Å². The Morgan fingerprint density at radius 1 is 1.36 bits per heavy atom. The summed E-state index contributed by atoms with van der Waals surface area (Å²) >= 11 is 0. The third kappa shape index (κ3) is 4.88. The van der Waals surface area contributed by atoms with Crippen LogP contribution in [0.25, 0.3) is 0 Å². The van der Waals surface area contributed by atoms with Crippen molar-refractivity contribution in [2.45, 2.75) is 19.8 Å². The molecule has 2 rings (SSSR count). The van der Waals surface area contributed by atoms with Crippen molar-refractivity contribution in [3.63, 3.8) is 0 Å². The largest absolute Gasteiger partial charge is 0.454 e. The van der Waals surface area contributed by atoms with Crippen LogP contribution in [0.2, 0.25) is 0 Å². The van der Waals surface area contributed by atoms with Gasteiger partial charge in [-0.05, 0) is 36.6 Å². The first-order chi connectivity index (χ1) is 10.3. The molecule has 7 nitrogen and oxygen atoms in total. The zero-order valence-electron chi connectivity index (χ0n) is 12.8. The minimum absolute atomic E-state index is 0.245. The van der Waals surface area contributed by atoms with Crippen molar-refractivity contribution in [2.24, 2.45) is 10.7 Å². The van der Waals surface area contributed by atoms with Gasteiger partial charge in [-0.3, -0.25) is 4.99 Å². The fraction of sp³-hybridized carbons (Fsp3) is 0.500. The standard InChI is InChI=1S/C14H21N3O4S/c1-10-6-12-13(21-9-20-12)7-11(10)8-14(15)16-4-3-5-17-22(2,18)19/h6-7,17H,3-5,8-9H2,1-2H3,(H2,15,16). The van der Waals surface area contributed by atoms with Crippen LogP contribution in [0.1, 0.15) is 17.5 Å². The van der Waals surface area contributed by atoms with Crippen LogP contribution in [0.3, 0.4) is 0 Å². The van der Waals surface area contributed by atoms with Crippen LogP contribution < -0.4 is 19.9 Å². The number of rotatable bonds is 7. The quantitative estimate of drug-likeness (QED) is 0.433. The smallest absolute Gasteiger partial charge is 0.231 e. The van der Waals surface area contributed by atoms with Gasteiger partial charge >= 0.3 is 0 Å². The molecule has 1 heterocycles. The summed E-state index contributed by atoms with van der Waals surface area (Å²) in [6, 6.07) is 3.85. The molecular weight excluding hydrogens is 306 g/mol. The summed E-state index contributed by atoms with van der Waals surface area (Å²) in [4.78, 5) is 4.26. The van der Waals surface area contributed by atoms with E-state index in [2.05, 4.69) is 9.71 Å². The molecule has 0 atom stereocenters. The van der Waals surface area contributed by atoms with Crippen LogP contribution in [-0.2, 0) is 16.4 Å². The minimum Gasteiger partial charge on any atom is -0.454 e. The molecule has 22 heavy (non-hydrogen) atoms. The van der Waals surface area contributed by atoms with Gasteiger partial charge in [0.05, 0.1) is 12.1 Å². The van der Waals surface area contributed by atoms with E-state index in [0.717, 1.165) is 28.9 Å². The highest BCUT2D eigenvalue weighted by molar-refractivity contribution is 7.88. The summed E-state index contributed by atoms with van der Waals surface area (Å²) in [6.07, 6.45) is 2.27. The topological polar surface area (TPSA) is 103 Å². The van der Waals surface area contributed by atoms with E-state index in [1.54, 1.807) is 0 Å². The average Bonchev–Trinajstić information content (AvgIpc) is 2.84. The molecule has 0 saturated heterocycles. The second-order valence-electron chi connectivity index (χ2n) is 5.20. The summed E-state index contributed by atoms with van der Waals surface area (Å²) in [5.41, 5.74) is 8.04. The van der Waals surface area contributed by atoms with E-state index in [4.69, 9.17) is 15.2 Å². The number of nitrogens with two attached hydrogens (primary N) is 1. The van der Waals surface area contributed by atoms with E-state index < -0.39 is 10.0 Å². The first-order valence-corrected chi connectivity index (χ1v) is 8.87. The van der Waals surface area contributed by atoms with E-state index in [1.165, 1.54) is 0 Å². The molecule has 0 spiro atoms. The lowest BCUT2D eigenvalue weighted by Gasteiger charge is -2.07. The molecule has 0 saturated carbocycles. The molecule has 1 aliphatic heterocycles. The Hall–Kier alpha value is -1.80. The number of hydrogen-bond acceptors (Lipinski definition) is 5. The Labute approximate surface area is 130 Å². The predicted octanol–water partition coefficient (Wildman–Crippen LogP) is 0.563. The zero-order chi connectivity index (χ0) is 16.2. The summed E-state index contributed by atoms with van der Waals surface area (Å²) < 4.78 is 34.9. The van der Waals surface area contributed by atoms with E-state index in [1.807, 2.05) is 19.1 Å². The molecule has 0 amide bonds. The Bertz CT molecular complexity index is 671. The number of benzene rings is 1. The van der Waals surface area contributed by atoms with Crippen molar-refractivity contribution < 1.29 is 17.9 Å². The number of amidine groups is 1. The molecular formula is C14H21N3O4S. The summed E-state index contributed by atoms with van der Waals surface area (Å²) in [7, 11) is -3.14. The van der Waals surface area contributed by atoms with Gasteiger partial charge in [-0.25, -0.2) is 13.1 Å². The van der Waals surface area contributed by atoms with Crippen molar-refractivity contribution >= 4 is 15.9 Å². The van der Waals surface area contributed by atoms with Crippen LogP contribution >= 0.6 is 0 Å². The lowest BCUT2D eigenvalue weighted by Crippen LogP contribution is -2.24. The monoisotopic (exact) mass is 327 g/mol. The van der Waals surface area contributed by atoms with Gasteiger partial charge in [-0.15, -0.1) is 0 Å². The number of ether oxygens (including phenoxy) is 2. The molecule has 3 N–H and O–H groups in total.